The van der Waals surface area contributed by atoms with E-state index in [1.165, 1.54) is 38.5 Å². The van der Waals surface area contributed by atoms with Crippen molar-refractivity contribution in [1.29, 1.82) is 0 Å². The molecule has 106 valence electrons. The Bertz CT molecular complexity index is 225. The van der Waals surface area contributed by atoms with Gasteiger partial charge in [-0.1, -0.05) is 58.3 Å². The second-order valence-corrected chi connectivity index (χ2v) is 5.80. The molecule has 1 fully saturated rings. The van der Waals surface area contributed by atoms with E-state index in [-0.39, 0.29) is 12.0 Å². The predicted octanol–water partition coefficient (Wildman–Crippen LogP) is 4.25. The standard InChI is InChI=1S/C16H30O2/c1-2-3-4-5-6-7-8-12-15(17)14-11-9-10-13-16(14)18/h14-15,17H,2-13H2,1H3. The van der Waals surface area contributed by atoms with Crippen LogP contribution in [0, 0.1) is 5.92 Å². The zero-order chi connectivity index (χ0) is 13.2. The number of aliphatic hydroxyl groups excluding tert-OH is 1. The van der Waals surface area contributed by atoms with Crippen molar-refractivity contribution in [2.45, 2.75) is 90.1 Å². The first-order valence-electron chi connectivity index (χ1n) is 7.96. The molecule has 2 heteroatoms. The van der Waals surface area contributed by atoms with Gasteiger partial charge in [-0.3, -0.25) is 4.79 Å². The highest BCUT2D eigenvalue weighted by Gasteiger charge is 2.28. The summed E-state index contributed by atoms with van der Waals surface area (Å²) in [5, 5.41) is 10.1. The minimum Gasteiger partial charge on any atom is -0.392 e. The zero-order valence-electron chi connectivity index (χ0n) is 12.0. The van der Waals surface area contributed by atoms with E-state index >= 15 is 0 Å². The molecule has 0 aromatic heterocycles. The van der Waals surface area contributed by atoms with Gasteiger partial charge < -0.3 is 5.11 Å². The van der Waals surface area contributed by atoms with Crippen LogP contribution in [0.5, 0.6) is 0 Å². The Kier molecular flexibility index (Phi) is 8.32. The first-order chi connectivity index (χ1) is 8.75. The van der Waals surface area contributed by atoms with E-state index in [1.807, 2.05) is 0 Å². The summed E-state index contributed by atoms with van der Waals surface area (Å²) < 4.78 is 0. The van der Waals surface area contributed by atoms with Gasteiger partial charge in [0, 0.05) is 12.3 Å². The number of carbonyl (C=O) groups is 1. The van der Waals surface area contributed by atoms with Crippen LogP contribution in [-0.2, 0) is 4.79 Å². The van der Waals surface area contributed by atoms with Crippen LogP contribution in [-0.4, -0.2) is 17.0 Å². The van der Waals surface area contributed by atoms with E-state index < -0.39 is 0 Å². The quantitative estimate of drug-likeness (QED) is 0.625. The summed E-state index contributed by atoms with van der Waals surface area (Å²) in [5.74, 6) is 0.260. The van der Waals surface area contributed by atoms with E-state index in [4.69, 9.17) is 0 Å². The van der Waals surface area contributed by atoms with Crippen molar-refractivity contribution in [3.8, 4) is 0 Å². The fourth-order valence-corrected chi connectivity index (χ4v) is 2.93. The Hall–Kier alpha value is -0.370. The number of hydrogen-bond acceptors (Lipinski definition) is 2. The number of aliphatic hydroxyl groups is 1. The minimum atomic E-state index is -0.367. The Morgan fingerprint density at radius 3 is 2.44 bits per heavy atom. The molecule has 1 aliphatic carbocycles. The molecule has 0 radical (unpaired) electrons. The molecule has 1 aliphatic rings. The molecule has 0 bridgehead atoms. The molecule has 2 nitrogen and oxygen atoms in total. The molecule has 0 aromatic rings. The van der Waals surface area contributed by atoms with E-state index in [1.54, 1.807) is 0 Å². The highest BCUT2D eigenvalue weighted by atomic mass is 16.3. The number of Topliss-reactive ketones (excluding diaryl/α,β-unsaturated/α-hetero) is 1. The average Bonchev–Trinajstić information content (AvgIpc) is 2.38. The highest BCUT2D eigenvalue weighted by molar-refractivity contribution is 5.82. The van der Waals surface area contributed by atoms with Crippen molar-refractivity contribution >= 4 is 5.78 Å². The molecule has 1 N–H and O–H groups in total. The van der Waals surface area contributed by atoms with Gasteiger partial charge in [0.1, 0.15) is 5.78 Å². The number of hydrogen-bond donors (Lipinski definition) is 1. The van der Waals surface area contributed by atoms with Crippen molar-refractivity contribution in [3.63, 3.8) is 0 Å². The highest BCUT2D eigenvalue weighted by Crippen LogP contribution is 2.26. The van der Waals surface area contributed by atoms with Crippen molar-refractivity contribution in [1.82, 2.24) is 0 Å². The van der Waals surface area contributed by atoms with Crippen LogP contribution in [0.25, 0.3) is 0 Å². The van der Waals surface area contributed by atoms with Gasteiger partial charge in [-0.25, -0.2) is 0 Å². The fourth-order valence-electron chi connectivity index (χ4n) is 2.93. The van der Waals surface area contributed by atoms with Gasteiger partial charge in [0.2, 0.25) is 0 Å². The number of carbonyl (C=O) groups excluding carboxylic acids is 1. The maximum Gasteiger partial charge on any atom is 0.138 e. The predicted molar refractivity (Wildman–Crippen MR) is 75.6 cm³/mol. The zero-order valence-corrected chi connectivity index (χ0v) is 12.0. The molecule has 1 saturated carbocycles. The molecular formula is C16H30O2. The second kappa shape index (κ2) is 9.55. The molecule has 0 heterocycles. The van der Waals surface area contributed by atoms with Crippen LogP contribution < -0.4 is 0 Å². The van der Waals surface area contributed by atoms with Crippen LogP contribution in [0.3, 0.4) is 0 Å². The fraction of sp³-hybridized carbons (Fsp3) is 0.938. The first kappa shape index (κ1) is 15.7. The molecule has 0 saturated heterocycles. The Morgan fingerprint density at radius 2 is 1.78 bits per heavy atom. The second-order valence-electron chi connectivity index (χ2n) is 5.80. The molecule has 0 aromatic carbocycles. The van der Waals surface area contributed by atoms with Gasteiger partial charge in [-0.05, 0) is 19.3 Å². The largest absolute Gasteiger partial charge is 0.392 e. The number of rotatable bonds is 9. The molecule has 18 heavy (non-hydrogen) atoms. The minimum absolute atomic E-state index is 0.0427. The summed E-state index contributed by atoms with van der Waals surface area (Å²) >= 11 is 0. The molecule has 0 amide bonds. The average molecular weight is 254 g/mol. The lowest BCUT2D eigenvalue weighted by atomic mass is 9.82. The summed E-state index contributed by atoms with van der Waals surface area (Å²) in [5.41, 5.74) is 0. The van der Waals surface area contributed by atoms with Gasteiger partial charge in [0.25, 0.3) is 0 Å². The van der Waals surface area contributed by atoms with Gasteiger partial charge in [-0.15, -0.1) is 0 Å². The molecule has 1 rings (SSSR count). The topological polar surface area (TPSA) is 37.3 Å². The Morgan fingerprint density at radius 1 is 1.11 bits per heavy atom. The smallest absolute Gasteiger partial charge is 0.138 e. The lowest BCUT2D eigenvalue weighted by Gasteiger charge is -2.25. The summed E-state index contributed by atoms with van der Waals surface area (Å²) in [6.45, 7) is 2.23. The van der Waals surface area contributed by atoms with Gasteiger partial charge in [0.15, 0.2) is 0 Å². The third-order valence-electron chi connectivity index (χ3n) is 4.17. The first-order valence-corrected chi connectivity index (χ1v) is 7.96. The number of unbranched alkanes of at least 4 members (excludes halogenated alkanes) is 6. The monoisotopic (exact) mass is 254 g/mol. The molecule has 0 aliphatic heterocycles. The lowest BCUT2D eigenvalue weighted by molar-refractivity contribution is -0.128. The van der Waals surface area contributed by atoms with Gasteiger partial charge >= 0.3 is 0 Å². The van der Waals surface area contributed by atoms with Crippen LogP contribution in [0.2, 0.25) is 0 Å². The van der Waals surface area contributed by atoms with Crippen molar-refractivity contribution in [3.05, 3.63) is 0 Å². The third kappa shape index (κ3) is 5.99. The van der Waals surface area contributed by atoms with E-state index in [0.717, 1.165) is 32.1 Å². The molecular weight excluding hydrogens is 224 g/mol. The molecule has 2 unspecified atom stereocenters. The maximum absolute atomic E-state index is 11.7. The van der Waals surface area contributed by atoms with E-state index in [2.05, 4.69) is 6.92 Å². The summed E-state index contributed by atoms with van der Waals surface area (Å²) in [4.78, 5) is 11.7. The summed E-state index contributed by atoms with van der Waals surface area (Å²) in [6.07, 6.45) is 13.1. The van der Waals surface area contributed by atoms with E-state index in [9.17, 15) is 9.90 Å². The Balaban J connectivity index is 2.02. The van der Waals surface area contributed by atoms with Crippen molar-refractivity contribution < 1.29 is 9.90 Å². The molecule has 2 atom stereocenters. The van der Waals surface area contributed by atoms with Gasteiger partial charge in [-0.2, -0.15) is 0 Å². The third-order valence-corrected chi connectivity index (χ3v) is 4.17. The van der Waals surface area contributed by atoms with Crippen LogP contribution >= 0.6 is 0 Å². The van der Waals surface area contributed by atoms with Crippen LogP contribution in [0.1, 0.15) is 84.0 Å². The SMILES string of the molecule is CCCCCCCCCC(O)C1CCCCC1=O. The number of ketones is 1. The van der Waals surface area contributed by atoms with Crippen molar-refractivity contribution in [2.24, 2.45) is 5.92 Å². The normalized spacial score (nSPS) is 22.1. The summed E-state index contributed by atoms with van der Waals surface area (Å²) in [6, 6.07) is 0. The van der Waals surface area contributed by atoms with Crippen LogP contribution in [0.15, 0.2) is 0 Å². The summed E-state index contributed by atoms with van der Waals surface area (Å²) in [7, 11) is 0. The lowest BCUT2D eigenvalue weighted by Crippen LogP contribution is -2.30. The maximum atomic E-state index is 11.7. The molecule has 0 spiro atoms. The van der Waals surface area contributed by atoms with Crippen LogP contribution in [0.4, 0.5) is 0 Å². The van der Waals surface area contributed by atoms with Crippen molar-refractivity contribution in [2.75, 3.05) is 0 Å². The van der Waals surface area contributed by atoms with Gasteiger partial charge in [0.05, 0.1) is 6.10 Å². The Labute approximate surface area is 112 Å². The van der Waals surface area contributed by atoms with E-state index in [0.29, 0.717) is 12.2 Å².